The molecule has 0 aliphatic heterocycles. The summed E-state index contributed by atoms with van der Waals surface area (Å²) >= 11 is 5.93. The molecular formula is C12H13ClN2O3S. The zero-order valence-corrected chi connectivity index (χ0v) is 11.7. The first-order chi connectivity index (χ1) is 9.00. The Kier molecular flexibility index (Phi) is 4.11. The van der Waals surface area contributed by atoms with E-state index in [1.807, 2.05) is 6.07 Å². The van der Waals surface area contributed by atoms with Crippen LogP contribution in [0.4, 0.5) is 0 Å². The first-order valence-electron chi connectivity index (χ1n) is 5.83. The Morgan fingerprint density at radius 2 is 2.16 bits per heavy atom. The highest BCUT2D eigenvalue weighted by atomic mass is 35.5. The third-order valence-corrected chi connectivity index (χ3v) is 5.35. The van der Waals surface area contributed by atoms with E-state index in [0.29, 0.717) is 0 Å². The predicted octanol–water partition coefficient (Wildman–Crippen LogP) is 1.36. The van der Waals surface area contributed by atoms with Crippen LogP contribution in [0.5, 0.6) is 0 Å². The number of hydrogen-bond donors (Lipinski definition) is 1. The number of nitriles is 1. The molecule has 1 aromatic carbocycles. The maximum atomic E-state index is 12.5. The van der Waals surface area contributed by atoms with Crippen molar-refractivity contribution < 1.29 is 13.5 Å². The molecule has 0 unspecified atom stereocenters. The summed E-state index contributed by atoms with van der Waals surface area (Å²) in [6, 6.07) is 5.96. The molecule has 0 saturated heterocycles. The third-order valence-electron chi connectivity index (χ3n) is 2.92. The topological polar surface area (TPSA) is 81.4 Å². The molecule has 0 aromatic heterocycles. The number of hydrogen-bond acceptors (Lipinski definition) is 4. The average Bonchev–Trinajstić information content (AvgIpc) is 3.20. The fraction of sp³-hybridized carbons (Fsp3) is 0.417. The van der Waals surface area contributed by atoms with Crippen LogP contribution in [0.25, 0.3) is 0 Å². The Morgan fingerprint density at radius 3 is 2.68 bits per heavy atom. The van der Waals surface area contributed by atoms with Gasteiger partial charge in [-0.25, -0.2) is 8.42 Å². The lowest BCUT2D eigenvalue weighted by Crippen LogP contribution is -2.35. The Balaban J connectivity index is 2.46. The van der Waals surface area contributed by atoms with Crippen LogP contribution in [0.3, 0.4) is 0 Å². The van der Waals surface area contributed by atoms with Gasteiger partial charge in [0.05, 0.1) is 23.3 Å². The lowest BCUT2D eigenvalue weighted by molar-refractivity contribution is 0.250. The Labute approximate surface area is 117 Å². The van der Waals surface area contributed by atoms with Gasteiger partial charge < -0.3 is 5.11 Å². The molecule has 102 valence electrons. The highest BCUT2D eigenvalue weighted by molar-refractivity contribution is 7.89. The molecule has 0 spiro atoms. The van der Waals surface area contributed by atoms with Crippen LogP contribution < -0.4 is 0 Å². The normalized spacial score (nSPS) is 15.5. The quantitative estimate of drug-likeness (QED) is 0.890. The van der Waals surface area contributed by atoms with Gasteiger partial charge in [0.1, 0.15) is 4.90 Å². The maximum absolute atomic E-state index is 12.5. The van der Waals surface area contributed by atoms with E-state index >= 15 is 0 Å². The second-order valence-corrected chi connectivity index (χ2v) is 6.59. The predicted molar refractivity (Wildman–Crippen MR) is 70.2 cm³/mol. The number of aliphatic hydroxyl groups excluding tert-OH is 1. The Bertz CT molecular complexity index is 620. The van der Waals surface area contributed by atoms with Gasteiger partial charge in [0, 0.05) is 12.6 Å². The summed E-state index contributed by atoms with van der Waals surface area (Å²) < 4.78 is 26.3. The molecule has 1 aliphatic rings. The Hall–Kier alpha value is -1.13. The van der Waals surface area contributed by atoms with Crippen molar-refractivity contribution in [1.29, 1.82) is 5.26 Å². The minimum Gasteiger partial charge on any atom is -0.395 e. The summed E-state index contributed by atoms with van der Waals surface area (Å²) in [5, 5.41) is 17.9. The van der Waals surface area contributed by atoms with Crippen LogP contribution in [0.2, 0.25) is 5.02 Å². The van der Waals surface area contributed by atoms with E-state index in [1.54, 1.807) is 0 Å². The van der Waals surface area contributed by atoms with Gasteiger partial charge >= 0.3 is 0 Å². The van der Waals surface area contributed by atoms with Gasteiger partial charge in [-0.15, -0.1) is 0 Å². The molecule has 0 atom stereocenters. The molecule has 7 heteroatoms. The molecule has 1 saturated carbocycles. The van der Waals surface area contributed by atoms with E-state index in [9.17, 15) is 8.42 Å². The molecule has 0 amide bonds. The smallest absolute Gasteiger partial charge is 0.244 e. The van der Waals surface area contributed by atoms with Gasteiger partial charge in [0.25, 0.3) is 0 Å². The molecule has 0 heterocycles. The van der Waals surface area contributed by atoms with Crippen LogP contribution in [0.15, 0.2) is 23.1 Å². The zero-order valence-electron chi connectivity index (χ0n) is 10.1. The SMILES string of the molecule is N#Cc1ccc(Cl)c(S(=O)(=O)N(CCO)C2CC2)c1. The second-order valence-electron chi connectivity index (χ2n) is 4.33. The van der Waals surface area contributed by atoms with Gasteiger partial charge in [-0.05, 0) is 31.0 Å². The summed E-state index contributed by atoms with van der Waals surface area (Å²) in [4.78, 5) is -0.0754. The molecule has 2 rings (SSSR count). The molecule has 1 aromatic rings. The molecular weight excluding hydrogens is 288 g/mol. The van der Waals surface area contributed by atoms with Crippen LogP contribution >= 0.6 is 11.6 Å². The van der Waals surface area contributed by atoms with Crippen LogP contribution in [-0.2, 0) is 10.0 Å². The lowest BCUT2D eigenvalue weighted by atomic mass is 10.2. The zero-order chi connectivity index (χ0) is 14.0. The number of nitrogens with zero attached hydrogens (tertiary/aromatic N) is 2. The summed E-state index contributed by atoms with van der Waals surface area (Å²) in [6.45, 7) is -0.203. The first-order valence-corrected chi connectivity index (χ1v) is 7.65. The number of benzene rings is 1. The van der Waals surface area contributed by atoms with Crippen molar-refractivity contribution in [1.82, 2.24) is 4.31 Å². The van der Waals surface area contributed by atoms with Crippen LogP contribution in [0, 0.1) is 11.3 Å². The Morgan fingerprint density at radius 1 is 1.47 bits per heavy atom. The minimum absolute atomic E-state index is 0.0418. The van der Waals surface area contributed by atoms with Crippen LogP contribution in [-0.4, -0.2) is 37.0 Å². The molecule has 1 N–H and O–H groups in total. The van der Waals surface area contributed by atoms with Crippen molar-refractivity contribution in [2.24, 2.45) is 0 Å². The number of aliphatic hydroxyl groups is 1. The van der Waals surface area contributed by atoms with E-state index in [1.165, 1.54) is 22.5 Å². The summed E-state index contributed by atoms with van der Waals surface area (Å²) in [7, 11) is -3.77. The molecule has 19 heavy (non-hydrogen) atoms. The minimum atomic E-state index is -3.77. The van der Waals surface area contributed by atoms with Gasteiger partial charge in [-0.3, -0.25) is 0 Å². The molecule has 0 radical (unpaired) electrons. The van der Waals surface area contributed by atoms with Gasteiger partial charge in [0.2, 0.25) is 10.0 Å². The monoisotopic (exact) mass is 300 g/mol. The highest BCUT2D eigenvalue weighted by Gasteiger charge is 2.38. The standard InChI is InChI=1S/C12H13ClN2O3S/c13-11-4-1-9(8-14)7-12(11)19(17,18)15(5-6-16)10-2-3-10/h1,4,7,10,16H,2-3,5-6H2. The van der Waals surface area contributed by atoms with E-state index in [-0.39, 0.29) is 34.7 Å². The van der Waals surface area contributed by atoms with Crippen LogP contribution in [0.1, 0.15) is 18.4 Å². The number of sulfonamides is 1. The van der Waals surface area contributed by atoms with Crippen molar-refractivity contribution in [2.45, 2.75) is 23.8 Å². The molecule has 0 bridgehead atoms. The van der Waals surface area contributed by atoms with Gasteiger partial charge in [-0.2, -0.15) is 9.57 Å². The summed E-state index contributed by atoms with van der Waals surface area (Å²) in [6.07, 6.45) is 1.57. The first kappa shape index (κ1) is 14.3. The average molecular weight is 301 g/mol. The number of halogens is 1. The lowest BCUT2D eigenvalue weighted by Gasteiger charge is -2.21. The summed E-state index contributed by atoms with van der Waals surface area (Å²) in [5.74, 6) is 0. The van der Waals surface area contributed by atoms with Gasteiger partial charge in [-0.1, -0.05) is 11.6 Å². The van der Waals surface area contributed by atoms with Crippen molar-refractivity contribution in [2.75, 3.05) is 13.2 Å². The van der Waals surface area contributed by atoms with Crippen molar-refractivity contribution in [3.63, 3.8) is 0 Å². The van der Waals surface area contributed by atoms with Crippen molar-refractivity contribution >= 4 is 21.6 Å². The van der Waals surface area contributed by atoms with E-state index in [2.05, 4.69) is 0 Å². The van der Waals surface area contributed by atoms with E-state index < -0.39 is 10.0 Å². The van der Waals surface area contributed by atoms with Crippen molar-refractivity contribution in [3.05, 3.63) is 28.8 Å². The largest absolute Gasteiger partial charge is 0.395 e. The van der Waals surface area contributed by atoms with E-state index in [0.717, 1.165) is 12.8 Å². The van der Waals surface area contributed by atoms with Crippen molar-refractivity contribution in [3.8, 4) is 6.07 Å². The molecule has 5 nitrogen and oxygen atoms in total. The van der Waals surface area contributed by atoms with Gasteiger partial charge in [0.15, 0.2) is 0 Å². The van der Waals surface area contributed by atoms with E-state index in [4.69, 9.17) is 22.0 Å². The highest BCUT2D eigenvalue weighted by Crippen LogP contribution is 2.34. The second kappa shape index (κ2) is 5.47. The summed E-state index contributed by atoms with van der Waals surface area (Å²) in [5.41, 5.74) is 0.239. The fourth-order valence-corrected chi connectivity index (χ4v) is 4.04. The fourth-order valence-electron chi connectivity index (χ4n) is 1.86. The molecule has 1 fully saturated rings. The third kappa shape index (κ3) is 2.90. The molecule has 1 aliphatic carbocycles. The maximum Gasteiger partial charge on any atom is 0.244 e. The number of rotatable bonds is 5.